The molecule has 0 aliphatic rings. The van der Waals surface area contributed by atoms with Crippen molar-refractivity contribution in [2.24, 2.45) is 10.8 Å². The van der Waals surface area contributed by atoms with Crippen LogP contribution in [-0.2, 0) is 30.0 Å². The van der Waals surface area contributed by atoms with Crippen molar-refractivity contribution in [1.82, 2.24) is 4.98 Å². The summed E-state index contributed by atoms with van der Waals surface area (Å²) in [6.07, 6.45) is 0.213. The molecule has 0 bridgehead atoms. The Balaban J connectivity index is 2.58. The fourth-order valence-electron chi connectivity index (χ4n) is 3.84. The Kier molecular flexibility index (Phi) is 10.6. The van der Waals surface area contributed by atoms with Gasteiger partial charge in [-0.05, 0) is 96.2 Å². The number of hydrogen-bond donors (Lipinski definition) is 3. The van der Waals surface area contributed by atoms with E-state index in [0.717, 1.165) is 0 Å². The smallest absolute Gasteiger partial charge is 0.376 e. The molecule has 0 saturated carbocycles. The summed E-state index contributed by atoms with van der Waals surface area (Å²) in [5.74, 6) is -2.99. The summed E-state index contributed by atoms with van der Waals surface area (Å²) in [7, 11) is -5.40. The predicted molar refractivity (Wildman–Crippen MR) is 155 cm³/mol. The third kappa shape index (κ3) is 8.30. The highest BCUT2D eigenvalue weighted by molar-refractivity contribution is 7.53. The molecule has 234 valence electrons. The van der Waals surface area contributed by atoms with E-state index in [-0.39, 0.29) is 23.7 Å². The van der Waals surface area contributed by atoms with Crippen molar-refractivity contribution in [3.63, 3.8) is 0 Å². The normalized spacial score (nSPS) is 12.8. The molecular formula is C30H43FNO9P. The molecule has 10 nitrogen and oxygen atoms in total. The van der Waals surface area contributed by atoms with Gasteiger partial charge in [-0.3, -0.25) is 19.1 Å². The molecule has 0 atom stereocenters. The molecule has 1 aromatic heterocycles. The molecule has 0 spiro atoms. The quantitative estimate of drug-likeness (QED) is 0.226. The fraction of sp³-hybridized carbons (Fsp3) is 0.567. The van der Waals surface area contributed by atoms with Gasteiger partial charge >= 0.3 is 19.5 Å². The molecule has 42 heavy (non-hydrogen) atoms. The Hall–Kier alpha value is -3.01. The monoisotopic (exact) mass is 611 g/mol. The maximum Gasteiger partial charge on any atom is 0.376 e. The van der Waals surface area contributed by atoms with Crippen LogP contribution in [0.2, 0.25) is 0 Å². The number of nitrogens with zero attached hydrogens (tertiary/aromatic N) is 1. The Morgan fingerprint density at radius 2 is 1.48 bits per heavy atom. The zero-order valence-corrected chi connectivity index (χ0v) is 26.9. The van der Waals surface area contributed by atoms with Crippen molar-refractivity contribution in [1.29, 1.82) is 0 Å². The van der Waals surface area contributed by atoms with Crippen LogP contribution in [0.1, 0.15) is 89.4 Å². The zero-order valence-electron chi connectivity index (χ0n) is 26.0. The number of esters is 2. The van der Waals surface area contributed by atoms with Gasteiger partial charge in [0, 0.05) is 12.1 Å². The lowest BCUT2D eigenvalue weighted by atomic mass is 9.96. The van der Waals surface area contributed by atoms with E-state index < -0.39 is 60.5 Å². The van der Waals surface area contributed by atoms with Crippen LogP contribution >= 0.6 is 7.60 Å². The number of carbonyl (C=O) groups is 2. The van der Waals surface area contributed by atoms with Crippen LogP contribution in [0.25, 0.3) is 0 Å². The van der Waals surface area contributed by atoms with Gasteiger partial charge in [-0.15, -0.1) is 0 Å². The molecule has 1 heterocycles. The number of benzene rings is 1. The number of rotatable bonds is 10. The van der Waals surface area contributed by atoms with E-state index >= 15 is 4.39 Å². The summed E-state index contributed by atoms with van der Waals surface area (Å²) in [5.41, 5.74) is 0.272. The number of aromatic hydroxyl groups is 1. The molecule has 2 aromatic rings. The highest BCUT2D eigenvalue weighted by atomic mass is 31.2. The first kappa shape index (κ1) is 35.2. The maximum atomic E-state index is 15.9. The summed E-state index contributed by atoms with van der Waals surface area (Å²) in [6.45, 7) is 14.2. The first-order valence-electron chi connectivity index (χ1n) is 13.6. The minimum atomic E-state index is -5.40. The second-order valence-electron chi connectivity index (χ2n) is 12.9. The third-order valence-corrected chi connectivity index (χ3v) is 8.01. The van der Waals surface area contributed by atoms with Crippen molar-refractivity contribution in [2.75, 3.05) is 13.2 Å². The van der Waals surface area contributed by atoms with Gasteiger partial charge in [0.25, 0.3) is 5.34 Å². The number of aryl methyl sites for hydroxylation is 1. The molecule has 0 amide bonds. The van der Waals surface area contributed by atoms with Crippen LogP contribution in [0.5, 0.6) is 11.5 Å². The molecular weight excluding hydrogens is 568 g/mol. The van der Waals surface area contributed by atoms with Crippen LogP contribution in [0.3, 0.4) is 0 Å². The van der Waals surface area contributed by atoms with Gasteiger partial charge in [0.05, 0.1) is 16.5 Å². The van der Waals surface area contributed by atoms with E-state index in [1.165, 1.54) is 19.1 Å². The number of halogens is 1. The van der Waals surface area contributed by atoms with E-state index in [1.807, 2.05) is 13.8 Å². The zero-order chi connectivity index (χ0) is 32.4. The standard InChI is InChI=1S/C30H43FNO9P/c1-17(2)25-22(33)12-11-20(32-25)14-21-18(3)13-23(24(31)19(21)4)41-30(42(36,37)38,15-39-26(34)28(5,6)7)16-40-27(35)29(8,9)10/h11-13,17,33H,14-16H2,1-10H3,(H2,36,37,38). The van der Waals surface area contributed by atoms with Crippen molar-refractivity contribution >= 4 is 19.5 Å². The number of aromatic nitrogens is 1. The van der Waals surface area contributed by atoms with E-state index in [0.29, 0.717) is 22.5 Å². The van der Waals surface area contributed by atoms with Gasteiger partial charge in [0.2, 0.25) is 0 Å². The van der Waals surface area contributed by atoms with Gasteiger partial charge in [0.1, 0.15) is 19.0 Å². The fourth-order valence-corrected chi connectivity index (χ4v) is 4.53. The molecule has 3 N–H and O–H groups in total. The van der Waals surface area contributed by atoms with E-state index in [4.69, 9.17) is 14.2 Å². The van der Waals surface area contributed by atoms with Crippen LogP contribution in [0.15, 0.2) is 18.2 Å². The van der Waals surface area contributed by atoms with E-state index in [9.17, 15) is 29.0 Å². The number of pyridine rings is 1. The molecule has 0 unspecified atom stereocenters. The third-order valence-electron chi connectivity index (χ3n) is 6.60. The first-order valence-corrected chi connectivity index (χ1v) is 15.2. The van der Waals surface area contributed by atoms with Crippen molar-refractivity contribution in [3.05, 3.63) is 52.1 Å². The second kappa shape index (κ2) is 12.7. The topological polar surface area (TPSA) is 152 Å². The lowest BCUT2D eigenvalue weighted by Gasteiger charge is -2.35. The largest absolute Gasteiger partial charge is 0.506 e. The van der Waals surface area contributed by atoms with E-state index in [1.54, 1.807) is 54.5 Å². The summed E-state index contributed by atoms with van der Waals surface area (Å²) in [4.78, 5) is 50.5. The van der Waals surface area contributed by atoms with E-state index in [2.05, 4.69) is 4.98 Å². The highest BCUT2D eigenvalue weighted by Crippen LogP contribution is 2.52. The molecule has 0 aliphatic heterocycles. The first-order chi connectivity index (χ1) is 19.0. The van der Waals surface area contributed by atoms with Gasteiger partial charge in [0.15, 0.2) is 11.6 Å². The SMILES string of the molecule is Cc1cc(OC(COC(=O)C(C)(C)C)(COC(=O)C(C)(C)C)P(=O)(O)O)c(F)c(C)c1Cc1ccc(O)c(C(C)C)n1. The Morgan fingerprint density at radius 1 is 0.976 bits per heavy atom. The molecule has 2 rings (SSSR count). The number of hydrogen-bond acceptors (Lipinski definition) is 8. The highest BCUT2D eigenvalue weighted by Gasteiger charge is 2.54. The number of ether oxygens (including phenoxy) is 3. The molecule has 0 saturated heterocycles. The lowest BCUT2D eigenvalue weighted by Crippen LogP contribution is -2.48. The predicted octanol–water partition coefficient (Wildman–Crippen LogP) is 5.69. The summed E-state index contributed by atoms with van der Waals surface area (Å²) < 4.78 is 45.0. The van der Waals surface area contributed by atoms with Crippen molar-refractivity contribution in [2.45, 2.75) is 86.9 Å². The van der Waals surface area contributed by atoms with Gasteiger partial charge < -0.3 is 29.1 Å². The molecule has 0 aliphatic carbocycles. The molecule has 0 fully saturated rings. The van der Waals surface area contributed by atoms with Gasteiger partial charge in [-0.1, -0.05) is 13.8 Å². The van der Waals surface area contributed by atoms with Gasteiger partial charge in [-0.25, -0.2) is 4.39 Å². The molecule has 1 aromatic carbocycles. The van der Waals surface area contributed by atoms with Crippen LogP contribution in [-0.4, -0.2) is 50.4 Å². The number of carbonyl (C=O) groups excluding carboxylic acids is 2. The van der Waals surface area contributed by atoms with Crippen molar-refractivity contribution < 1.29 is 47.6 Å². The van der Waals surface area contributed by atoms with Crippen LogP contribution < -0.4 is 4.74 Å². The minimum absolute atomic E-state index is 0.0415. The maximum absolute atomic E-state index is 15.9. The minimum Gasteiger partial charge on any atom is -0.506 e. The van der Waals surface area contributed by atoms with Crippen LogP contribution in [0.4, 0.5) is 4.39 Å². The van der Waals surface area contributed by atoms with Gasteiger partial charge in [-0.2, -0.15) is 0 Å². The molecule has 12 heteroatoms. The average Bonchev–Trinajstić information content (AvgIpc) is 2.84. The Morgan fingerprint density at radius 3 is 1.90 bits per heavy atom. The second-order valence-corrected chi connectivity index (χ2v) is 14.8. The van der Waals surface area contributed by atoms with Crippen molar-refractivity contribution in [3.8, 4) is 11.5 Å². The van der Waals surface area contributed by atoms with Crippen LogP contribution in [0, 0.1) is 30.5 Å². The Labute approximate surface area is 246 Å². The lowest BCUT2D eigenvalue weighted by molar-refractivity contribution is -0.164. The average molecular weight is 612 g/mol. The molecule has 0 radical (unpaired) electrons. The Bertz CT molecular complexity index is 1340. The summed E-state index contributed by atoms with van der Waals surface area (Å²) >= 11 is 0. The summed E-state index contributed by atoms with van der Waals surface area (Å²) in [5, 5.41) is 7.38. The summed E-state index contributed by atoms with van der Waals surface area (Å²) in [6, 6.07) is 4.44.